The van der Waals surface area contributed by atoms with Gasteiger partial charge in [-0.05, 0) is 66.7 Å². The summed E-state index contributed by atoms with van der Waals surface area (Å²) in [4.78, 5) is 4.63. The lowest BCUT2D eigenvalue weighted by atomic mass is 9.97. The highest BCUT2D eigenvalue weighted by atomic mass is 19.1. The van der Waals surface area contributed by atoms with E-state index in [1.165, 1.54) is 12.1 Å². The van der Waals surface area contributed by atoms with Crippen LogP contribution in [0.25, 0.3) is 22.2 Å². The van der Waals surface area contributed by atoms with E-state index in [1.54, 1.807) is 37.4 Å². The molecule has 1 aliphatic heterocycles. The molecule has 31 heavy (non-hydrogen) atoms. The predicted octanol–water partition coefficient (Wildman–Crippen LogP) is 4.92. The van der Waals surface area contributed by atoms with E-state index < -0.39 is 12.2 Å². The van der Waals surface area contributed by atoms with Crippen LogP contribution in [0.5, 0.6) is 17.2 Å². The zero-order valence-corrected chi connectivity index (χ0v) is 16.8. The highest BCUT2D eigenvalue weighted by Crippen LogP contribution is 2.37. The largest absolute Gasteiger partial charge is 0.497 e. The molecule has 4 aromatic rings. The first-order chi connectivity index (χ1) is 15.1. The van der Waals surface area contributed by atoms with Crippen LogP contribution in [0, 0.1) is 5.82 Å². The van der Waals surface area contributed by atoms with Crippen molar-refractivity contribution in [3.63, 3.8) is 0 Å². The maximum atomic E-state index is 13.4. The Morgan fingerprint density at radius 1 is 0.968 bits per heavy atom. The van der Waals surface area contributed by atoms with Gasteiger partial charge >= 0.3 is 0 Å². The average molecular weight is 417 g/mol. The third kappa shape index (κ3) is 3.78. The fraction of sp³-hybridized carbons (Fsp3) is 0.160. The van der Waals surface area contributed by atoms with Gasteiger partial charge in [0.2, 0.25) is 0 Å². The number of methoxy groups -OCH3 is 1. The van der Waals surface area contributed by atoms with E-state index in [0.29, 0.717) is 22.6 Å². The third-order valence-corrected chi connectivity index (χ3v) is 5.38. The number of aromatic nitrogens is 1. The average Bonchev–Trinajstić information content (AvgIpc) is 2.81. The number of pyridine rings is 1. The van der Waals surface area contributed by atoms with Gasteiger partial charge in [-0.1, -0.05) is 6.07 Å². The summed E-state index contributed by atoms with van der Waals surface area (Å²) in [5.74, 6) is 1.68. The summed E-state index contributed by atoms with van der Waals surface area (Å²) < 4.78 is 30.4. The molecular weight excluding hydrogens is 397 g/mol. The lowest BCUT2D eigenvalue weighted by Crippen LogP contribution is -2.35. The van der Waals surface area contributed by atoms with Crippen LogP contribution < -0.4 is 14.2 Å². The Kier molecular flexibility index (Phi) is 4.92. The first kappa shape index (κ1) is 19.3. The number of aliphatic hydroxyl groups is 1. The summed E-state index contributed by atoms with van der Waals surface area (Å²) >= 11 is 0. The van der Waals surface area contributed by atoms with Gasteiger partial charge in [-0.25, -0.2) is 9.37 Å². The molecule has 0 spiro atoms. The Bertz CT molecular complexity index is 1240. The van der Waals surface area contributed by atoms with E-state index in [0.717, 1.165) is 22.4 Å². The zero-order chi connectivity index (χ0) is 21.4. The van der Waals surface area contributed by atoms with Gasteiger partial charge in [0.15, 0.2) is 6.10 Å². The molecule has 3 aromatic carbocycles. The maximum Gasteiger partial charge on any atom is 0.163 e. The van der Waals surface area contributed by atoms with E-state index in [-0.39, 0.29) is 12.4 Å². The summed E-state index contributed by atoms with van der Waals surface area (Å²) in [6.07, 6.45) is -1.41. The molecule has 0 amide bonds. The molecule has 0 bridgehead atoms. The monoisotopic (exact) mass is 417 g/mol. The molecule has 6 heteroatoms. The molecule has 0 aliphatic carbocycles. The SMILES string of the molecule is COc1ccc(OC2COc3ccc(-c4ccc5cc(F)ccc5n4)cc3C2O)cc1. The van der Waals surface area contributed by atoms with Crippen molar-refractivity contribution in [3.8, 4) is 28.5 Å². The molecule has 0 radical (unpaired) electrons. The quantitative estimate of drug-likeness (QED) is 0.511. The van der Waals surface area contributed by atoms with Gasteiger partial charge < -0.3 is 19.3 Å². The molecule has 2 heterocycles. The summed E-state index contributed by atoms with van der Waals surface area (Å²) in [6, 6.07) is 20.9. The molecule has 2 atom stereocenters. The zero-order valence-electron chi connectivity index (χ0n) is 16.8. The van der Waals surface area contributed by atoms with Crippen molar-refractivity contribution in [3.05, 3.63) is 84.2 Å². The van der Waals surface area contributed by atoms with Crippen molar-refractivity contribution < 1.29 is 23.7 Å². The molecular formula is C25H20FNO4. The van der Waals surface area contributed by atoms with Crippen molar-refractivity contribution >= 4 is 10.9 Å². The van der Waals surface area contributed by atoms with Crippen LogP contribution in [0.3, 0.4) is 0 Å². The van der Waals surface area contributed by atoms with Crippen LogP contribution in [0.15, 0.2) is 72.8 Å². The minimum absolute atomic E-state index is 0.235. The molecule has 0 fully saturated rings. The minimum Gasteiger partial charge on any atom is -0.497 e. The van der Waals surface area contributed by atoms with Crippen LogP contribution in [0.4, 0.5) is 4.39 Å². The predicted molar refractivity (Wildman–Crippen MR) is 115 cm³/mol. The van der Waals surface area contributed by atoms with Gasteiger partial charge in [0.1, 0.15) is 35.8 Å². The Hall–Kier alpha value is -3.64. The number of nitrogens with zero attached hydrogens (tertiary/aromatic N) is 1. The van der Waals surface area contributed by atoms with Gasteiger partial charge in [-0.2, -0.15) is 0 Å². The first-order valence-electron chi connectivity index (χ1n) is 9.93. The highest BCUT2D eigenvalue weighted by molar-refractivity contribution is 5.81. The second-order valence-electron chi connectivity index (χ2n) is 7.37. The van der Waals surface area contributed by atoms with Gasteiger partial charge in [0.25, 0.3) is 0 Å². The van der Waals surface area contributed by atoms with Crippen LogP contribution in [0.1, 0.15) is 11.7 Å². The van der Waals surface area contributed by atoms with E-state index in [9.17, 15) is 9.50 Å². The Balaban J connectivity index is 1.42. The molecule has 1 aromatic heterocycles. The van der Waals surface area contributed by atoms with Gasteiger partial charge in [-0.15, -0.1) is 0 Å². The fourth-order valence-corrected chi connectivity index (χ4v) is 3.72. The summed E-state index contributed by atoms with van der Waals surface area (Å²) in [7, 11) is 1.60. The fourth-order valence-electron chi connectivity index (χ4n) is 3.72. The molecule has 1 N–H and O–H groups in total. The molecule has 5 rings (SSSR count). The number of rotatable bonds is 4. The van der Waals surface area contributed by atoms with Crippen molar-refractivity contribution in [1.29, 1.82) is 0 Å². The van der Waals surface area contributed by atoms with Crippen molar-refractivity contribution in [2.24, 2.45) is 0 Å². The maximum absolute atomic E-state index is 13.4. The van der Waals surface area contributed by atoms with Gasteiger partial charge in [-0.3, -0.25) is 0 Å². The standard InChI is InChI=1S/C25H20FNO4/c1-29-18-5-7-19(8-6-18)31-24-14-30-23-11-3-16(13-20(23)25(24)28)21-9-2-15-12-17(26)4-10-22(15)27-21/h2-13,24-25,28H,14H2,1H3. The van der Waals surface area contributed by atoms with Crippen molar-refractivity contribution in [2.45, 2.75) is 12.2 Å². The molecule has 0 saturated heterocycles. The summed E-state index contributed by atoms with van der Waals surface area (Å²) in [5, 5.41) is 11.7. The number of hydrogen-bond acceptors (Lipinski definition) is 5. The Labute approximate surface area is 178 Å². The van der Waals surface area contributed by atoms with Crippen molar-refractivity contribution in [1.82, 2.24) is 4.98 Å². The summed E-state index contributed by atoms with van der Waals surface area (Å²) in [6.45, 7) is 0.235. The topological polar surface area (TPSA) is 60.8 Å². The number of benzene rings is 3. The molecule has 1 aliphatic rings. The second-order valence-corrected chi connectivity index (χ2v) is 7.37. The number of halogens is 1. The Morgan fingerprint density at radius 3 is 2.58 bits per heavy atom. The first-order valence-corrected chi connectivity index (χ1v) is 9.93. The van der Waals surface area contributed by atoms with Crippen molar-refractivity contribution in [2.75, 3.05) is 13.7 Å². The van der Waals surface area contributed by atoms with E-state index in [2.05, 4.69) is 4.98 Å². The lowest BCUT2D eigenvalue weighted by Gasteiger charge is -2.31. The van der Waals surface area contributed by atoms with Gasteiger partial charge in [0.05, 0.1) is 18.3 Å². The van der Waals surface area contributed by atoms with Crippen LogP contribution in [-0.2, 0) is 0 Å². The lowest BCUT2D eigenvalue weighted by molar-refractivity contribution is -0.0102. The van der Waals surface area contributed by atoms with Gasteiger partial charge in [0, 0.05) is 16.5 Å². The number of ether oxygens (including phenoxy) is 3. The molecule has 0 saturated carbocycles. The van der Waals surface area contributed by atoms with E-state index >= 15 is 0 Å². The van der Waals surface area contributed by atoms with Crippen LogP contribution >= 0.6 is 0 Å². The van der Waals surface area contributed by atoms with E-state index in [1.807, 2.05) is 30.3 Å². The van der Waals surface area contributed by atoms with E-state index in [4.69, 9.17) is 14.2 Å². The second kappa shape index (κ2) is 7.89. The van der Waals surface area contributed by atoms with Crippen LogP contribution in [-0.4, -0.2) is 29.9 Å². The molecule has 2 unspecified atom stereocenters. The highest BCUT2D eigenvalue weighted by Gasteiger charge is 2.31. The smallest absolute Gasteiger partial charge is 0.163 e. The number of fused-ring (bicyclic) bond motifs is 2. The minimum atomic E-state index is -0.861. The van der Waals surface area contributed by atoms with Crippen LogP contribution in [0.2, 0.25) is 0 Å². The third-order valence-electron chi connectivity index (χ3n) is 5.38. The summed E-state index contributed by atoms with van der Waals surface area (Å²) in [5.41, 5.74) is 2.91. The molecule has 5 nitrogen and oxygen atoms in total. The normalized spacial score (nSPS) is 17.6. The number of aliphatic hydroxyl groups excluding tert-OH is 1. The molecule has 156 valence electrons. The Morgan fingerprint density at radius 2 is 1.77 bits per heavy atom. The number of hydrogen-bond donors (Lipinski definition) is 1.